The molecule has 1 amide bonds. The second kappa shape index (κ2) is 7.63. The maximum absolute atomic E-state index is 12.6. The lowest BCUT2D eigenvalue weighted by atomic mass is 10.1. The Hall–Kier alpha value is -1.44. The number of carbonyl (C=O) groups is 1. The lowest BCUT2D eigenvalue weighted by Gasteiger charge is -2.35. The van der Waals surface area contributed by atoms with Crippen molar-refractivity contribution in [3.63, 3.8) is 0 Å². The molecule has 1 aliphatic carbocycles. The van der Waals surface area contributed by atoms with Gasteiger partial charge in [-0.05, 0) is 24.8 Å². The summed E-state index contributed by atoms with van der Waals surface area (Å²) in [6.45, 7) is 6.67. The van der Waals surface area contributed by atoms with Gasteiger partial charge in [0.05, 0.1) is 18.9 Å². The number of aliphatic hydroxyl groups is 1. The van der Waals surface area contributed by atoms with Crippen LogP contribution in [0.25, 0.3) is 0 Å². The molecule has 2 aliphatic rings. The minimum atomic E-state index is -0.453. The zero-order valence-electron chi connectivity index (χ0n) is 14.6. The highest BCUT2D eigenvalue weighted by molar-refractivity contribution is 5.83. The zero-order chi connectivity index (χ0) is 17.1. The van der Waals surface area contributed by atoms with Gasteiger partial charge in [0, 0.05) is 58.5 Å². The predicted molar refractivity (Wildman–Crippen MR) is 89.6 cm³/mol. The number of carbonyl (C=O) groups excluding carboxylic acids is 1. The number of β-amino-alcohol motifs (C(OH)–C–C–N with tert-alkyl or cyclic N) is 1. The lowest BCUT2D eigenvalue weighted by molar-refractivity contribution is -0.134. The number of ether oxygens (including phenoxy) is 1. The van der Waals surface area contributed by atoms with Gasteiger partial charge in [-0.3, -0.25) is 14.4 Å². The molecular weight excluding hydrogens is 308 g/mol. The van der Waals surface area contributed by atoms with Gasteiger partial charge in [0.25, 0.3) is 0 Å². The first-order chi connectivity index (χ1) is 11.6. The van der Waals surface area contributed by atoms with E-state index in [2.05, 4.69) is 10.00 Å². The Morgan fingerprint density at radius 1 is 1.42 bits per heavy atom. The topological polar surface area (TPSA) is 70.8 Å². The molecule has 7 nitrogen and oxygen atoms in total. The lowest BCUT2D eigenvalue weighted by Crippen LogP contribution is -2.51. The number of hydrogen-bond donors (Lipinski definition) is 1. The fourth-order valence-corrected chi connectivity index (χ4v) is 3.46. The van der Waals surface area contributed by atoms with Crippen molar-refractivity contribution in [3.8, 4) is 0 Å². The normalized spacial score (nSPS) is 25.7. The van der Waals surface area contributed by atoms with E-state index in [1.807, 2.05) is 31.3 Å². The van der Waals surface area contributed by atoms with Gasteiger partial charge in [0.15, 0.2) is 0 Å². The molecule has 0 aromatic carbocycles. The van der Waals surface area contributed by atoms with E-state index in [0.717, 1.165) is 32.6 Å². The van der Waals surface area contributed by atoms with Crippen LogP contribution in [-0.2, 0) is 16.6 Å². The fourth-order valence-electron chi connectivity index (χ4n) is 3.46. The number of hydrogen-bond acceptors (Lipinski definition) is 5. The Morgan fingerprint density at radius 3 is 2.79 bits per heavy atom. The fraction of sp³-hybridized carbons (Fsp3) is 0.765. The van der Waals surface area contributed by atoms with Gasteiger partial charge in [0.1, 0.15) is 0 Å². The van der Waals surface area contributed by atoms with Gasteiger partial charge >= 0.3 is 0 Å². The van der Waals surface area contributed by atoms with E-state index in [-0.39, 0.29) is 11.8 Å². The first kappa shape index (κ1) is 17.4. The van der Waals surface area contributed by atoms with Crippen molar-refractivity contribution in [1.29, 1.82) is 0 Å². The molecule has 2 fully saturated rings. The monoisotopic (exact) mass is 336 g/mol. The molecule has 134 valence electrons. The molecule has 3 atom stereocenters. The van der Waals surface area contributed by atoms with Crippen LogP contribution in [-0.4, -0.2) is 82.6 Å². The van der Waals surface area contributed by atoms with E-state index in [4.69, 9.17) is 4.74 Å². The Kier molecular flexibility index (Phi) is 5.53. The Morgan fingerprint density at radius 2 is 2.17 bits per heavy atom. The molecule has 3 rings (SSSR count). The molecule has 0 bridgehead atoms. The first-order valence-corrected chi connectivity index (χ1v) is 8.84. The van der Waals surface area contributed by atoms with Crippen LogP contribution in [0.4, 0.5) is 0 Å². The summed E-state index contributed by atoms with van der Waals surface area (Å²) < 4.78 is 7.04. The minimum absolute atomic E-state index is 0.129. The third-order valence-electron chi connectivity index (χ3n) is 4.93. The Bertz CT molecular complexity index is 554. The van der Waals surface area contributed by atoms with Crippen LogP contribution in [0.5, 0.6) is 0 Å². The number of piperazine rings is 1. The summed E-state index contributed by atoms with van der Waals surface area (Å²) in [6, 6.07) is 0. The number of nitrogens with zero attached hydrogens (tertiary/aromatic N) is 4. The van der Waals surface area contributed by atoms with Gasteiger partial charge < -0.3 is 14.7 Å². The number of rotatable bonds is 7. The van der Waals surface area contributed by atoms with E-state index >= 15 is 0 Å². The molecule has 0 radical (unpaired) electrons. The number of aryl methyl sites for hydroxylation is 1. The van der Waals surface area contributed by atoms with Crippen molar-refractivity contribution in [2.75, 3.05) is 45.9 Å². The van der Waals surface area contributed by atoms with Crippen molar-refractivity contribution in [3.05, 3.63) is 18.0 Å². The van der Waals surface area contributed by atoms with E-state index < -0.39 is 6.10 Å². The molecular formula is C17H28N4O3. The molecule has 1 N–H and O–H groups in total. The van der Waals surface area contributed by atoms with Crippen LogP contribution >= 0.6 is 0 Å². The summed E-state index contributed by atoms with van der Waals surface area (Å²) in [5, 5.41) is 14.1. The average molecular weight is 336 g/mol. The standard InChI is InChI=1S/C17H28N4O3/c1-3-24-12-14(22)11-20-4-6-21(7-5-20)17(23)16-8-15(16)13-9-18-19(2)10-13/h9-10,14-16,22H,3-8,11-12H2,1-2H3/t14-,15-,16+/m1/s1. The number of aliphatic hydroxyl groups excluding tert-OH is 1. The quantitative estimate of drug-likeness (QED) is 0.763. The highest BCUT2D eigenvalue weighted by Gasteiger charge is 2.46. The highest BCUT2D eigenvalue weighted by Crippen LogP contribution is 2.48. The maximum Gasteiger partial charge on any atom is 0.226 e. The Balaban J connectivity index is 1.41. The maximum atomic E-state index is 12.6. The molecule has 1 aromatic heterocycles. The van der Waals surface area contributed by atoms with Gasteiger partial charge in [-0.2, -0.15) is 5.10 Å². The SMILES string of the molecule is CCOC[C@H](O)CN1CCN(C(=O)[C@H]2C[C@@H]2c2cnn(C)c2)CC1. The van der Waals surface area contributed by atoms with Crippen LogP contribution in [0.3, 0.4) is 0 Å². The van der Waals surface area contributed by atoms with Crippen LogP contribution < -0.4 is 0 Å². The summed E-state index contributed by atoms with van der Waals surface area (Å²) >= 11 is 0. The van der Waals surface area contributed by atoms with Crippen molar-refractivity contribution >= 4 is 5.91 Å². The molecule has 1 saturated carbocycles. The smallest absolute Gasteiger partial charge is 0.226 e. The van der Waals surface area contributed by atoms with Crippen molar-refractivity contribution in [1.82, 2.24) is 19.6 Å². The van der Waals surface area contributed by atoms with Crippen molar-refractivity contribution in [2.45, 2.75) is 25.4 Å². The summed E-state index contributed by atoms with van der Waals surface area (Å²) in [5.74, 6) is 0.750. The second-order valence-electron chi connectivity index (χ2n) is 6.84. The van der Waals surface area contributed by atoms with Gasteiger partial charge in [-0.1, -0.05) is 0 Å². The Labute approximate surface area is 143 Å². The van der Waals surface area contributed by atoms with Crippen LogP contribution in [0.1, 0.15) is 24.8 Å². The van der Waals surface area contributed by atoms with Gasteiger partial charge in [0.2, 0.25) is 5.91 Å². The van der Waals surface area contributed by atoms with E-state index in [0.29, 0.717) is 25.7 Å². The molecule has 0 spiro atoms. The van der Waals surface area contributed by atoms with Gasteiger partial charge in [-0.15, -0.1) is 0 Å². The highest BCUT2D eigenvalue weighted by atomic mass is 16.5. The summed E-state index contributed by atoms with van der Waals surface area (Å²) in [6.07, 6.45) is 4.37. The largest absolute Gasteiger partial charge is 0.389 e. The molecule has 1 saturated heterocycles. The first-order valence-electron chi connectivity index (χ1n) is 8.84. The molecule has 1 aliphatic heterocycles. The second-order valence-corrected chi connectivity index (χ2v) is 6.84. The molecule has 7 heteroatoms. The van der Waals surface area contributed by atoms with Crippen LogP contribution in [0, 0.1) is 5.92 Å². The summed E-state index contributed by atoms with van der Waals surface area (Å²) in [5.41, 5.74) is 1.17. The van der Waals surface area contributed by atoms with E-state index in [9.17, 15) is 9.90 Å². The van der Waals surface area contributed by atoms with Gasteiger partial charge in [-0.25, -0.2) is 0 Å². The zero-order valence-corrected chi connectivity index (χ0v) is 14.6. The summed E-state index contributed by atoms with van der Waals surface area (Å²) in [7, 11) is 1.90. The number of amides is 1. The molecule has 24 heavy (non-hydrogen) atoms. The third-order valence-corrected chi connectivity index (χ3v) is 4.93. The van der Waals surface area contributed by atoms with Crippen molar-refractivity contribution in [2.24, 2.45) is 13.0 Å². The van der Waals surface area contributed by atoms with E-state index in [1.165, 1.54) is 5.56 Å². The minimum Gasteiger partial charge on any atom is -0.389 e. The van der Waals surface area contributed by atoms with Crippen LogP contribution in [0.2, 0.25) is 0 Å². The summed E-state index contributed by atoms with van der Waals surface area (Å²) in [4.78, 5) is 16.8. The average Bonchev–Trinajstić information content (AvgIpc) is 3.27. The predicted octanol–water partition coefficient (Wildman–Crippen LogP) is 0.0652. The van der Waals surface area contributed by atoms with Crippen molar-refractivity contribution < 1.29 is 14.6 Å². The molecule has 1 aromatic rings. The molecule has 0 unspecified atom stereocenters. The number of aromatic nitrogens is 2. The van der Waals surface area contributed by atoms with E-state index in [1.54, 1.807) is 4.68 Å². The van der Waals surface area contributed by atoms with Crippen LogP contribution in [0.15, 0.2) is 12.4 Å². The third kappa shape index (κ3) is 4.15. The molecule has 2 heterocycles.